The van der Waals surface area contributed by atoms with Crippen LogP contribution in [0.4, 0.5) is 5.82 Å². The van der Waals surface area contributed by atoms with Crippen molar-refractivity contribution in [3.8, 4) is 23.3 Å². The number of carbonyl (C=O) groups excluding carboxylic acids is 1. The zero-order valence-electron chi connectivity index (χ0n) is 15.9. The molecule has 0 saturated carbocycles. The van der Waals surface area contributed by atoms with E-state index in [0.717, 1.165) is 11.1 Å². The van der Waals surface area contributed by atoms with Crippen LogP contribution in [-0.2, 0) is 6.42 Å². The van der Waals surface area contributed by atoms with Crippen molar-refractivity contribution in [3.05, 3.63) is 76.9 Å². The number of hydrogen-bond donors (Lipinski definition) is 1. The number of nitriles is 2. The number of ketones is 1. The second-order valence-corrected chi connectivity index (χ2v) is 7.31. The summed E-state index contributed by atoms with van der Waals surface area (Å²) in [7, 11) is 0. The molecule has 2 aromatic carbocycles. The van der Waals surface area contributed by atoms with Gasteiger partial charge in [-0.15, -0.1) is 0 Å². The van der Waals surface area contributed by atoms with Gasteiger partial charge in [-0.25, -0.2) is 4.98 Å². The van der Waals surface area contributed by atoms with E-state index in [1.165, 1.54) is 11.8 Å². The average Bonchev–Trinajstić information content (AvgIpc) is 2.77. The van der Waals surface area contributed by atoms with Crippen molar-refractivity contribution in [2.24, 2.45) is 0 Å². The summed E-state index contributed by atoms with van der Waals surface area (Å²) in [5, 5.41) is 19.3. The molecule has 3 N–H and O–H groups in total. The first-order valence-corrected chi connectivity index (χ1v) is 10.1. The lowest BCUT2D eigenvalue weighted by atomic mass is 10.0. The van der Waals surface area contributed by atoms with Gasteiger partial charge >= 0.3 is 0 Å². The molecule has 0 unspecified atom stereocenters. The number of hydrogen-bond acceptors (Lipinski definition) is 5. The Morgan fingerprint density at radius 2 is 1.62 bits per heavy atom. The number of aromatic amines is 1. The largest absolute Gasteiger partial charge is 0.293 e. The number of H-pyrrole nitrogens is 1. The molecule has 1 heterocycles. The molecule has 3 rings (SSSR count). The first-order chi connectivity index (χ1) is 14.1. The van der Waals surface area contributed by atoms with E-state index in [1.807, 2.05) is 67.6 Å². The van der Waals surface area contributed by atoms with Crippen LogP contribution in [0.5, 0.6) is 0 Å². The fourth-order valence-corrected chi connectivity index (χ4v) is 4.02. The van der Waals surface area contributed by atoms with Crippen molar-refractivity contribution in [2.75, 3.05) is 11.5 Å². The van der Waals surface area contributed by atoms with Crippen LogP contribution >= 0.6 is 11.8 Å². The Labute approximate surface area is 173 Å². The number of anilines is 1. The fraction of sp³-hybridized carbons (Fsp3) is 0.130. The highest BCUT2D eigenvalue weighted by molar-refractivity contribution is 7.99. The van der Waals surface area contributed by atoms with E-state index in [2.05, 4.69) is 11.1 Å². The van der Waals surface area contributed by atoms with Gasteiger partial charge in [0.25, 0.3) is 5.82 Å². The first kappa shape index (κ1) is 20.1. The Morgan fingerprint density at radius 3 is 2.21 bits per heavy atom. The van der Waals surface area contributed by atoms with E-state index < -0.39 is 0 Å². The van der Waals surface area contributed by atoms with Gasteiger partial charge in [-0.05, 0) is 17.5 Å². The molecule has 0 saturated heterocycles. The molecule has 142 valence electrons. The fourth-order valence-electron chi connectivity index (χ4n) is 3.08. The van der Waals surface area contributed by atoms with Crippen molar-refractivity contribution in [2.45, 2.75) is 18.4 Å². The molecule has 0 aliphatic carbocycles. The Bertz CT molecular complexity index is 1130. The second kappa shape index (κ2) is 9.05. The lowest BCUT2D eigenvalue weighted by molar-refractivity contribution is -0.410. The summed E-state index contributed by atoms with van der Waals surface area (Å²) in [5.74, 6) is 0.322. The molecule has 0 aliphatic heterocycles. The minimum atomic E-state index is -0.0483. The lowest BCUT2D eigenvalue weighted by Crippen LogP contribution is -2.20. The third kappa shape index (κ3) is 4.29. The maximum absolute atomic E-state index is 12.6. The first-order valence-electron chi connectivity index (χ1n) is 9.08. The minimum Gasteiger partial charge on any atom is -0.293 e. The standard InChI is InChI=1S/C23H18N4OS/c1-2-18-19(12-24)22(26)27-23(20(18)13-25)29-14-21(28)17-10-8-16(9-11-17)15-6-4-3-5-7-15/h3-11H,2,14H2,1H3,(H2,26,27)/p+1. The van der Waals surface area contributed by atoms with Crippen LogP contribution in [0.1, 0.15) is 34.0 Å². The van der Waals surface area contributed by atoms with Crippen LogP contribution in [0.25, 0.3) is 11.1 Å². The van der Waals surface area contributed by atoms with Crippen molar-refractivity contribution in [1.82, 2.24) is 0 Å². The molecule has 5 nitrogen and oxygen atoms in total. The van der Waals surface area contributed by atoms with Gasteiger partial charge in [-0.3, -0.25) is 10.5 Å². The summed E-state index contributed by atoms with van der Waals surface area (Å²) in [5.41, 5.74) is 9.94. The summed E-state index contributed by atoms with van der Waals surface area (Å²) >= 11 is 1.22. The quantitative estimate of drug-likeness (QED) is 0.498. The Balaban J connectivity index is 1.78. The topological polar surface area (TPSA) is 105 Å². The molecular weight excluding hydrogens is 380 g/mol. The summed E-state index contributed by atoms with van der Waals surface area (Å²) in [4.78, 5) is 15.5. The van der Waals surface area contributed by atoms with Crippen molar-refractivity contribution >= 4 is 23.4 Å². The molecule has 0 radical (unpaired) electrons. The van der Waals surface area contributed by atoms with Crippen LogP contribution in [0.15, 0.2) is 59.6 Å². The van der Waals surface area contributed by atoms with E-state index in [4.69, 9.17) is 5.73 Å². The summed E-state index contributed by atoms with van der Waals surface area (Å²) in [6.45, 7) is 1.87. The van der Waals surface area contributed by atoms with Crippen molar-refractivity contribution in [1.29, 1.82) is 10.5 Å². The van der Waals surface area contributed by atoms with Crippen LogP contribution in [-0.4, -0.2) is 11.5 Å². The highest BCUT2D eigenvalue weighted by Crippen LogP contribution is 2.27. The monoisotopic (exact) mass is 399 g/mol. The van der Waals surface area contributed by atoms with Gasteiger partial charge < -0.3 is 0 Å². The number of aromatic nitrogens is 1. The zero-order valence-corrected chi connectivity index (χ0v) is 16.7. The van der Waals surface area contributed by atoms with Gasteiger partial charge in [0, 0.05) is 11.1 Å². The minimum absolute atomic E-state index is 0.0483. The van der Waals surface area contributed by atoms with Crippen LogP contribution < -0.4 is 10.7 Å². The number of nitrogen functional groups attached to an aromatic ring is 1. The molecule has 0 bridgehead atoms. The predicted molar refractivity (Wildman–Crippen MR) is 113 cm³/mol. The van der Waals surface area contributed by atoms with Crippen molar-refractivity contribution < 1.29 is 9.78 Å². The average molecular weight is 399 g/mol. The number of Topliss-reactive ketones (excluding diaryl/α,β-unsaturated/α-hetero) is 1. The summed E-state index contributed by atoms with van der Waals surface area (Å²) in [6, 6.07) is 21.6. The predicted octanol–water partition coefficient (Wildman–Crippen LogP) is 4.03. The Hall–Kier alpha value is -3.61. The number of nitrogens with one attached hydrogen (secondary N) is 1. The SMILES string of the molecule is CCc1c(C#N)c(N)[nH+]c(SCC(=O)c2ccc(-c3ccccc3)cc2)c1C#N. The molecule has 6 heteroatoms. The van der Waals surface area contributed by atoms with Gasteiger partial charge in [-0.1, -0.05) is 73.3 Å². The highest BCUT2D eigenvalue weighted by Gasteiger charge is 2.22. The summed E-state index contributed by atoms with van der Waals surface area (Å²) < 4.78 is 0. The van der Waals surface area contributed by atoms with E-state index in [1.54, 1.807) is 0 Å². The van der Waals surface area contributed by atoms with Crippen LogP contribution in [0.2, 0.25) is 0 Å². The lowest BCUT2D eigenvalue weighted by Gasteiger charge is -2.08. The molecular formula is C23H19N4OS+. The molecule has 0 atom stereocenters. The third-order valence-corrected chi connectivity index (χ3v) is 5.59. The van der Waals surface area contributed by atoms with Crippen LogP contribution in [0, 0.1) is 22.7 Å². The second-order valence-electron chi connectivity index (χ2n) is 6.33. The Morgan fingerprint density at radius 1 is 1.00 bits per heavy atom. The molecule has 0 spiro atoms. The van der Waals surface area contributed by atoms with Crippen LogP contribution in [0.3, 0.4) is 0 Å². The maximum Gasteiger partial charge on any atom is 0.289 e. The molecule has 3 aromatic rings. The van der Waals surface area contributed by atoms with E-state index in [9.17, 15) is 15.3 Å². The zero-order chi connectivity index (χ0) is 20.8. The Kier molecular flexibility index (Phi) is 6.29. The van der Waals surface area contributed by atoms with E-state index >= 15 is 0 Å². The molecule has 29 heavy (non-hydrogen) atoms. The molecule has 1 aromatic heterocycles. The number of rotatable bonds is 6. The highest BCUT2D eigenvalue weighted by atomic mass is 32.2. The van der Waals surface area contributed by atoms with E-state index in [0.29, 0.717) is 28.1 Å². The summed E-state index contributed by atoms with van der Waals surface area (Å²) in [6.07, 6.45) is 0.507. The van der Waals surface area contributed by atoms with Gasteiger partial charge in [0.2, 0.25) is 0 Å². The van der Waals surface area contributed by atoms with Gasteiger partial charge in [-0.2, -0.15) is 10.5 Å². The van der Waals surface area contributed by atoms with Crippen molar-refractivity contribution in [3.63, 3.8) is 0 Å². The molecule has 0 fully saturated rings. The van der Waals surface area contributed by atoms with Gasteiger partial charge in [0.1, 0.15) is 23.3 Å². The third-order valence-electron chi connectivity index (χ3n) is 4.59. The number of pyridine rings is 1. The molecule has 0 amide bonds. The number of carbonyl (C=O) groups is 1. The van der Waals surface area contributed by atoms with Gasteiger partial charge in [0.15, 0.2) is 10.8 Å². The maximum atomic E-state index is 12.6. The normalized spacial score (nSPS) is 10.2. The number of nitrogens with zero attached hydrogens (tertiary/aromatic N) is 2. The van der Waals surface area contributed by atoms with Gasteiger partial charge in [0.05, 0.1) is 5.75 Å². The number of thioether (sulfide) groups is 1. The van der Waals surface area contributed by atoms with E-state index in [-0.39, 0.29) is 22.9 Å². The molecule has 0 aliphatic rings. The smallest absolute Gasteiger partial charge is 0.289 e. The number of benzene rings is 2. The number of nitrogens with two attached hydrogens (primary N) is 1.